The van der Waals surface area contributed by atoms with E-state index in [-0.39, 0.29) is 11.8 Å². The third-order valence-electron chi connectivity index (χ3n) is 3.71. The van der Waals surface area contributed by atoms with Crippen molar-refractivity contribution in [2.45, 2.75) is 25.7 Å². The molecule has 0 unspecified atom stereocenters. The molecule has 2 fully saturated rings. The highest BCUT2D eigenvalue weighted by molar-refractivity contribution is 5.72. The fraction of sp³-hybridized carbons (Fsp3) is 0.800. The van der Waals surface area contributed by atoms with Crippen molar-refractivity contribution in [1.29, 1.82) is 0 Å². The average Bonchev–Trinajstić information content (AvgIpc) is 2.57. The van der Waals surface area contributed by atoms with Gasteiger partial charge in [0.1, 0.15) is 0 Å². The molecule has 2 saturated carbocycles. The minimum Gasteiger partial charge on any atom is -0.481 e. The second kappa shape index (κ2) is 3.26. The van der Waals surface area contributed by atoms with Gasteiger partial charge < -0.3 is 10.2 Å². The van der Waals surface area contributed by atoms with Crippen LogP contribution in [0.25, 0.3) is 0 Å². The van der Waals surface area contributed by atoms with Gasteiger partial charge in [0.2, 0.25) is 0 Å². The summed E-state index contributed by atoms with van der Waals surface area (Å²) >= 11 is 0. The molecule has 0 aromatic heterocycles. The molecule has 0 aromatic rings. The van der Waals surface area contributed by atoms with Crippen molar-refractivity contribution in [2.24, 2.45) is 23.7 Å². The lowest BCUT2D eigenvalue weighted by Crippen LogP contribution is -2.14. The van der Waals surface area contributed by atoms with Crippen LogP contribution in [-0.4, -0.2) is 22.2 Å². The lowest BCUT2D eigenvalue weighted by molar-refractivity contribution is -0.141. The van der Waals surface area contributed by atoms with Gasteiger partial charge in [-0.25, -0.2) is 0 Å². The molecule has 0 bridgehead atoms. The number of carboxylic acid groups (broad SMARTS) is 2. The summed E-state index contributed by atoms with van der Waals surface area (Å²) in [7, 11) is 0. The maximum Gasteiger partial charge on any atom is 0.306 e. The summed E-state index contributed by atoms with van der Waals surface area (Å²) in [5.74, 6) is -1.19. The Morgan fingerprint density at radius 2 is 1.07 bits per heavy atom. The smallest absolute Gasteiger partial charge is 0.306 e. The number of carbonyl (C=O) groups is 2. The van der Waals surface area contributed by atoms with Gasteiger partial charge in [0.05, 0.1) is 11.8 Å². The Kier molecular flexibility index (Phi) is 2.21. The van der Waals surface area contributed by atoms with Gasteiger partial charge in [-0.3, -0.25) is 9.59 Å². The molecular formula is C10H14O4. The first-order chi connectivity index (χ1) is 6.58. The van der Waals surface area contributed by atoms with Gasteiger partial charge >= 0.3 is 11.9 Å². The SMILES string of the molecule is O=C(O)C1CC2CC(C(=O)O)CC2C1. The lowest BCUT2D eigenvalue weighted by Gasteiger charge is -2.07. The fourth-order valence-electron chi connectivity index (χ4n) is 3.02. The van der Waals surface area contributed by atoms with Crippen LogP contribution in [-0.2, 0) is 9.59 Å². The Labute approximate surface area is 81.9 Å². The maximum atomic E-state index is 10.7. The van der Waals surface area contributed by atoms with E-state index in [0.29, 0.717) is 37.5 Å². The molecule has 0 aromatic carbocycles. The molecule has 0 radical (unpaired) electrons. The number of aliphatic carboxylic acids is 2. The van der Waals surface area contributed by atoms with E-state index in [0.717, 1.165) is 0 Å². The van der Waals surface area contributed by atoms with E-state index in [2.05, 4.69) is 0 Å². The summed E-state index contributed by atoms with van der Waals surface area (Å²) < 4.78 is 0. The zero-order chi connectivity index (χ0) is 10.3. The number of hydrogen-bond donors (Lipinski definition) is 2. The van der Waals surface area contributed by atoms with Gasteiger partial charge in [0, 0.05) is 0 Å². The normalized spacial score (nSPS) is 40.9. The molecule has 0 saturated heterocycles. The summed E-state index contributed by atoms with van der Waals surface area (Å²) in [4.78, 5) is 21.5. The second-order valence-corrected chi connectivity index (χ2v) is 4.53. The number of hydrogen-bond acceptors (Lipinski definition) is 2. The topological polar surface area (TPSA) is 74.6 Å². The van der Waals surface area contributed by atoms with E-state index in [1.54, 1.807) is 0 Å². The molecule has 14 heavy (non-hydrogen) atoms. The summed E-state index contributed by atoms with van der Waals surface area (Å²) in [6, 6.07) is 0. The van der Waals surface area contributed by atoms with Crippen LogP contribution in [0.3, 0.4) is 0 Å². The fourth-order valence-corrected chi connectivity index (χ4v) is 3.02. The molecule has 2 rings (SSSR count). The van der Waals surface area contributed by atoms with Gasteiger partial charge in [-0.05, 0) is 37.5 Å². The maximum absolute atomic E-state index is 10.7. The van der Waals surface area contributed by atoms with Gasteiger partial charge in [-0.15, -0.1) is 0 Å². The standard InChI is InChI=1S/C10H14O4/c11-9(12)7-1-5-2-8(10(13)14)4-6(5)3-7/h5-8H,1-4H2,(H,11,12)(H,13,14). The van der Waals surface area contributed by atoms with Crippen LogP contribution in [0.5, 0.6) is 0 Å². The Morgan fingerprint density at radius 1 is 0.786 bits per heavy atom. The van der Waals surface area contributed by atoms with Gasteiger partial charge in [0.25, 0.3) is 0 Å². The van der Waals surface area contributed by atoms with E-state index in [4.69, 9.17) is 10.2 Å². The van der Waals surface area contributed by atoms with Crippen molar-refractivity contribution in [3.05, 3.63) is 0 Å². The number of carboxylic acids is 2. The van der Waals surface area contributed by atoms with Gasteiger partial charge in [-0.2, -0.15) is 0 Å². The van der Waals surface area contributed by atoms with Crippen molar-refractivity contribution >= 4 is 11.9 Å². The Balaban J connectivity index is 1.96. The van der Waals surface area contributed by atoms with E-state index >= 15 is 0 Å². The third kappa shape index (κ3) is 1.49. The Hall–Kier alpha value is -1.06. The van der Waals surface area contributed by atoms with Crippen LogP contribution in [0, 0.1) is 23.7 Å². The predicted octanol–water partition coefficient (Wildman–Crippen LogP) is 1.21. The highest BCUT2D eigenvalue weighted by Gasteiger charge is 2.45. The quantitative estimate of drug-likeness (QED) is 0.699. The van der Waals surface area contributed by atoms with Crippen LogP contribution in [0.1, 0.15) is 25.7 Å². The first kappa shape index (κ1) is 9.49. The minimum absolute atomic E-state index is 0.222. The molecule has 0 spiro atoms. The zero-order valence-corrected chi connectivity index (χ0v) is 7.85. The monoisotopic (exact) mass is 198 g/mol. The van der Waals surface area contributed by atoms with Crippen LogP contribution < -0.4 is 0 Å². The van der Waals surface area contributed by atoms with E-state index in [1.807, 2.05) is 0 Å². The largest absolute Gasteiger partial charge is 0.481 e. The molecule has 4 heteroatoms. The molecule has 2 aliphatic carbocycles. The Bertz CT molecular complexity index is 233. The first-order valence-electron chi connectivity index (χ1n) is 5.03. The van der Waals surface area contributed by atoms with E-state index in [1.165, 1.54) is 0 Å². The Morgan fingerprint density at radius 3 is 1.29 bits per heavy atom. The molecule has 78 valence electrons. The molecule has 4 nitrogen and oxygen atoms in total. The van der Waals surface area contributed by atoms with Crippen molar-refractivity contribution in [1.82, 2.24) is 0 Å². The third-order valence-corrected chi connectivity index (χ3v) is 3.71. The summed E-state index contributed by atoms with van der Waals surface area (Å²) in [6.45, 7) is 0. The molecule has 0 heterocycles. The molecule has 0 aliphatic heterocycles. The van der Waals surface area contributed by atoms with Gasteiger partial charge in [-0.1, -0.05) is 0 Å². The minimum atomic E-state index is -0.716. The first-order valence-corrected chi connectivity index (χ1v) is 5.03. The lowest BCUT2D eigenvalue weighted by atomic mass is 9.99. The zero-order valence-electron chi connectivity index (χ0n) is 7.85. The van der Waals surface area contributed by atoms with Crippen molar-refractivity contribution in [3.63, 3.8) is 0 Å². The number of fused-ring (bicyclic) bond motifs is 1. The van der Waals surface area contributed by atoms with Crippen molar-refractivity contribution < 1.29 is 19.8 Å². The van der Waals surface area contributed by atoms with E-state index < -0.39 is 11.9 Å². The molecular weight excluding hydrogens is 184 g/mol. The van der Waals surface area contributed by atoms with Crippen LogP contribution in [0.4, 0.5) is 0 Å². The predicted molar refractivity (Wildman–Crippen MR) is 47.7 cm³/mol. The van der Waals surface area contributed by atoms with Crippen LogP contribution >= 0.6 is 0 Å². The number of rotatable bonds is 2. The highest BCUT2D eigenvalue weighted by atomic mass is 16.4. The summed E-state index contributed by atoms with van der Waals surface area (Å²) in [5, 5.41) is 17.7. The van der Waals surface area contributed by atoms with E-state index in [9.17, 15) is 9.59 Å². The summed E-state index contributed by atoms with van der Waals surface area (Å²) in [6.07, 6.45) is 2.74. The molecule has 2 aliphatic rings. The average molecular weight is 198 g/mol. The molecule has 2 N–H and O–H groups in total. The van der Waals surface area contributed by atoms with Crippen molar-refractivity contribution in [3.8, 4) is 0 Å². The summed E-state index contributed by atoms with van der Waals surface area (Å²) in [5.41, 5.74) is 0. The van der Waals surface area contributed by atoms with Crippen molar-refractivity contribution in [2.75, 3.05) is 0 Å². The molecule has 0 atom stereocenters. The second-order valence-electron chi connectivity index (χ2n) is 4.53. The highest BCUT2D eigenvalue weighted by Crippen LogP contribution is 2.49. The van der Waals surface area contributed by atoms with Crippen LogP contribution in [0.2, 0.25) is 0 Å². The molecule has 0 amide bonds. The van der Waals surface area contributed by atoms with Crippen LogP contribution in [0.15, 0.2) is 0 Å². The van der Waals surface area contributed by atoms with Gasteiger partial charge in [0.15, 0.2) is 0 Å².